The molecule has 4 nitrogen and oxygen atoms in total. The third kappa shape index (κ3) is 4.09. The van der Waals surface area contributed by atoms with E-state index in [1.165, 1.54) is 16.3 Å². The summed E-state index contributed by atoms with van der Waals surface area (Å²) in [6, 6.07) is 14.9. The monoisotopic (exact) mass is 312 g/mol. The average molecular weight is 312 g/mol. The third-order valence-electron chi connectivity index (χ3n) is 4.67. The highest BCUT2D eigenvalue weighted by Crippen LogP contribution is 2.24. The molecular weight excluding hydrogens is 288 g/mol. The van der Waals surface area contributed by atoms with Crippen molar-refractivity contribution in [3.63, 3.8) is 0 Å². The predicted octanol–water partition coefficient (Wildman–Crippen LogP) is 2.08. The van der Waals surface area contributed by atoms with E-state index in [4.69, 9.17) is 5.73 Å². The molecule has 1 amide bonds. The van der Waals surface area contributed by atoms with Crippen molar-refractivity contribution >= 4 is 16.7 Å². The molecule has 1 atom stereocenters. The Morgan fingerprint density at radius 2 is 2.00 bits per heavy atom. The van der Waals surface area contributed by atoms with E-state index in [1.807, 2.05) is 0 Å². The first kappa shape index (κ1) is 16.0. The minimum absolute atomic E-state index is 0.0550. The van der Waals surface area contributed by atoms with Crippen molar-refractivity contribution in [2.24, 2.45) is 5.73 Å². The van der Waals surface area contributed by atoms with Crippen LogP contribution in [0, 0.1) is 0 Å². The fraction of sp³-hybridized carbons (Fsp3) is 0.421. The molecule has 2 aromatic carbocycles. The molecule has 0 aromatic heterocycles. The Balaban J connectivity index is 1.61. The molecular formula is C19H24N2O2. The third-order valence-corrected chi connectivity index (χ3v) is 4.67. The second-order valence-corrected chi connectivity index (χ2v) is 6.68. The number of aliphatic hydroxyl groups is 1. The summed E-state index contributed by atoms with van der Waals surface area (Å²) in [7, 11) is 0. The maximum Gasteiger partial charge on any atom is 0.220 e. The molecule has 2 aromatic rings. The largest absolute Gasteiger partial charge is 0.388 e. The van der Waals surface area contributed by atoms with Crippen LogP contribution in [0.2, 0.25) is 0 Å². The van der Waals surface area contributed by atoms with E-state index in [2.05, 4.69) is 47.4 Å². The van der Waals surface area contributed by atoms with E-state index in [-0.39, 0.29) is 6.42 Å². The van der Waals surface area contributed by atoms with Gasteiger partial charge in [0, 0.05) is 13.1 Å². The van der Waals surface area contributed by atoms with Crippen LogP contribution in [0.15, 0.2) is 42.5 Å². The van der Waals surface area contributed by atoms with Crippen LogP contribution in [-0.4, -0.2) is 41.1 Å². The van der Waals surface area contributed by atoms with Gasteiger partial charge in [0.1, 0.15) is 0 Å². The minimum Gasteiger partial charge on any atom is -0.388 e. The number of hydrogen-bond donors (Lipinski definition) is 2. The van der Waals surface area contributed by atoms with Gasteiger partial charge in [0.05, 0.1) is 12.0 Å². The summed E-state index contributed by atoms with van der Waals surface area (Å²) in [5, 5.41) is 13.0. The molecule has 1 saturated heterocycles. The topological polar surface area (TPSA) is 66.6 Å². The van der Waals surface area contributed by atoms with Crippen LogP contribution in [0.4, 0.5) is 0 Å². The lowest BCUT2D eigenvalue weighted by molar-refractivity contribution is -0.125. The lowest BCUT2D eigenvalue weighted by Crippen LogP contribution is -2.50. The number of likely N-dealkylation sites (tertiary alicyclic amines) is 1. The molecule has 3 N–H and O–H groups in total. The van der Waals surface area contributed by atoms with Crippen LogP contribution >= 0.6 is 0 Å². The van der Waals surface area contributed by atoms with E-state index in [9.17, 15) is 9.90 Å². The molecule has 0 bridgehead atoms. The average Bonchev–Trinajstić information content (AvgIpc) is 2.51. The summed E-state index contributed by atoms with van der Waals surface area (Å²) in [4.78, 5) is 13.4. The Hall–Kier alpha value is -1.91. The van der Waals surface area contributed by atoms with E-state index in [0.717, 1.165) is 25.9 Å². The first-order chi connectivity index (χ1) is 11.0. The quantitative estimate of drug-likeness (QED) is 0.888. The van der Waals surface area contributed by atoms with Gasteiger partial charge in [0.25, 0.3) is 0 Å². The summed E-state index contributed by atoms with van der Waals surface area (Å²) in [5.74, 6) is -0.427. The summed E-state index contributed by atoms with van der Waals surface area (Å²) in [6.45, 7) is 2.39. The number of piperidine rings is 1. The highest BCUT2D eigenvalue weighted by molar-refractivity contribution is 5.83. The number of amides is 1. The van der Waals surface area contributed by atoms with Gasteiger partial charge in [0.15, 0.2) is 0 Å². The zero-order chi connectivity index (χ0) is 16.3. The summed E-state index contributed by atoms with van der Waals surface area (Å²) in [6.07, 6.45) is 2.56. The number of benzene rings is 2. The highest BCUT2D eigenvalue weighted by Gasteiger charge is 2.34. The Morgan fingerprint density at radius 3 is 2.78 bits per heavy atom. The molecule has 1 heterocycles. The number of fused-ring (bicyclic) bond motifs is 1. The van der Waals surface area contributed by atoms with Crippen LogP contribution in [0.3, 0.4) is 0 Å². The lowest BCUT2D eigenvalue weighted by Gasteiger charge is -2.38. The Labute approximate surface area is 136 Å². The van der Waals surface area contributed by atoms with Gasteiger partial charge >= 0.3 is 0 Å². The number of carbonyl (C=O) groups excluding carboxylic acids is 1. The van der Waals surface area contributed by atoms with Crippen LogP contribution in [0.1, 0.15) is 24.8 Å². The van der Waals surface area contributed by atoms with E-state index in [0.29, 0.717) is 13.0 Å². The highest BCUT2D eigenvalue weighted by atomic mass is 16.3. The van der Waals surface area contributed by atoms with Crippen molar-refractivity contribution < 1.29 is 9.90 Å². The SMILES string of the molecule is NC(=O)CC1(O)CCCN(CCc2ccc3ccccc3c2)C1. The smallest absolute Gasteiger partial charge is 0.220 e. The van der Waals surface area contributed by atoms with Crippen molar-refractivity contribution in [3.8, 4) is 0 Å². The van der Waals surface area contributed by atoms with Gasteiger partial charge < -0.3 is 15.7 Å². The predicted molar refractivity (Wildman–Crippen MR) is 92.1 cm³/mol. The van der Waals surface area contributed by atoms with Crippen LogP contribution in [0.25, 0.3) is 10.8 Å². The molecule has 1 aliphatic rings. The van der Waals surface area contributed by atoms with Crippen LogP contribution in [0.5, 0.6) is 0 Å². The maximum absolute atomic E-state index is 11.1. The van der Waals surface area contributed by atoms with Crippen molar-refractivity contribution in [2.45, 2.75) is 31.3 Å². The van der Waals surface area contributed by atoms with Gasteiger partial charge in [0.2, 0.25) is 5.91 Å². The molecule has 0 aliphatic carbocycles. The normalized spacial score (nSPS) is 22.3. The lowest BCUT2D eigenvalue weighted by atomic mass is 9.89. The van der Waals surface area contributed by atoms with Gasteiger partial charge in [-0.25, -0.2) is 0 Å². The first-order valence-corrected chi connectivity index (χ1v) is 8.25. The molecule has 4 heteroatoms. The van der Waals surface area contributed by atoms with Crippen molar-refractivity contribution in [1.29, 1.82) is 0 Å². The Kier molecular flexibility index (Phi) is 4.64. The fourth-order valence-electron chi connectivity index (χ4n) is 3.55. The minimum atomic E-state index is -0.951. The molecule has 23 heavy (non-hydrogen) atoms. The van der Waals surface area contributed by atoms with Crippen molar-refractivity contribution in [1.82, 2.24) is 4.90 Å². The van der Waals surface area contributed by atoms with Gasteiger partial charge in [-0.15, -0.1) is 0 Å². The van der Waals surface area contributed by atoms with Crippen molar-refractivity contribution in [2.75, 3.05) is 19.6 Å². The first-order valence-electron chi connectivity index (χ1n) is 8.25. The van der Waals surface area contributed by atoms with Gasteiger partial charge in [-0.2, -0.15) is 0 Å². The standard InChI is InChI=1S/C19H24N2O2/c20-18(22)13-19(23)9-3-10-21(14-19)11-8-15-6-7-16-4-1-2-5-17(16)12-15/h1-2,4-7,12,23H,3,8-11,13-14H2,(H2,20,22). The zero-order valence-electron chi connectivity index (χ0n) is 13.4. The van der Waals surface area contributed by atoms with Gasteiger partial charge in [-0.3, -0.25) is 4.79 Å². The van der Waals surface area contributed by atoms with Crippen molar-refractivity contribution in [3.05, 3.63) is 48.0 Å². The second kappa shape index (κ2) is 6.69. The summed E-state index contributed by atoms with van der Waals surface area (Å²) < 4.78 is 0. The Morgan fingerprint density at radius 1 is 1.22 bits per heavy atom. The molecule has 122 valence electrons. The molecule has 0 radical (unpaired) electrons. The fourth-order valence-corrected chi connectivity index (χ4v) is 3.55. The number of nitrogens with zero attached hydrogens (tertiary/aromatic N) is 1. The number of hydrogen-bond acceptors (Lipinski definition) is 3. The number of nitrogens with two attached hydrogens (primary N) is 1. The number of carbonyl (C=O) groups is 1. The van der Waals surface area contributed by atoms with E-state index < -0.39 is 11.5 Å². The van der Waals surface area contributed by atoms with Crippen LogP contribution < -0.4 is 5.73 Å². The zero-order valence-corrected chi connectivity index (χ0v) is 13.4. The van der Waals surface area contributed by atoms with E-state index >= 15 is 0 Å². The maximum atomic E-state index is 11.1. The number of primary amides is 1. The second-order valence-electron chi connectivity index (χ2n) is 6.68. The molecule has 3 rings (SSSR count). The number of β-amino-alcohol motifs (C(OH)–C–C–N with tert-alkyl or cyclic N) is 1. The van der Waals surface area contributed by atoms with Gasteiger partial charge in [-0.05, 0) is 42.1 Å². The molecule has 1 fully saturated rings. The number of rotatable bonds is 5. The molecule has 0 saturated carbocycles. The molecule has 1 unspecified atom stereocenters. The summed E-state index contributed by atoms with van der Waals surface area (Å²) >= 11 is 0. The van der Waals surface area contributed by atoms with Crippen LogP contribution in [-0.2, 0) is 11.2 Å². The summed E-state index contributed by atoms with van der Waals surface area (Å²) in [5.41, 5.74) is 5.60. The molecule has 0 spiro atoms. The van der Waals surface area contributed by atoms with E-state index in [1.54, 1.807) is 0 Å². The van der Waals surface area contributed by atoms with Gasteiger partial charge in [-0.1, -0.05) is 42.5 Å². The molecule has 1 aliphatic heterocycles. The Bertz CT molecular complexity index is 701.